The van der Waals surface area contributed by atoms with Crippen LogP contribution in [0, 0.1) is 6.92 Å². The molecule has 0 aliphatic carbocycles. The summed E-state index contributed by atoms with van der Waals surface area (Å²) in [6.45, 7) is 3.24. The lowest BCUT2D eigenvalue weighted by Gasteiger charge is -2.24. The molecule has 1 fully saturated rings. The molecule has 0 radical (unpaired) electrons. The van der Waals surface area contributed by atoms with Crippen LogP contribution in [0.2, 0.25) is 0 Å². The topological polar surface area (TPSA) is 82.4 Å². The van der Waals surface area contributed by atoms with E-state index < -0.39 is 0 Å². The molecule has 1 aliphatic rings. The predicted molar refractivity (Wildman–Crippen MR) is 131 cm³/mol. The van der Waals surface area contributed by atoms with Crippen molar-refractivity contribution in [3.05, 3.63) is 96.0 Å². The average Bonchev–Trinajstić information content (AvgIpc) is 3.56. The first-order valence-corrected chi connectivity index (χ1v) is 11.6. The van der Waals surface area contributed by atoms with E-state index in [1.54, 1.807) is 25.7 Å². The molecule has 5 rings (SSSR count). The minimum Gasteiger partial charge on any atom is -0.497 e. The molecular weight excluding hydrogens is 442 g/mol. The predicted octanol–water partition coefficient (Wildman–Crippen LogP) is 4.81. The summed E-state index contributed by atoms with van der Waals surface area (Å²) in [5.41, 5.74) is 2.50. The van der Waals surface area contributed by atoms with Crippen molar-refractivity contribution in [2.75, 3.05) is 13.7 Å². The van der Waals surface area contributed by atoms with Crippen LogP contribution < -0.4 is 9.47 Å². The van der Waals surface area contributed by atoms with Crippen LogP contribution >= 0.6 is 0 Å². The summed E-state index contributed by atoms with van der Waals surface area (Å²) < 4.78 is 13.2. The molecule has 3 heterocycles. The first kappa shape index (κ1) is 22.6. The van der Waals surface area contributed by atoms with E-state index >= 15 is 0 Å². The molecule has 0 N–H and O–H groups in total. The number of likely N-dealkylation sites (tertiary alicyclic amines) is 1. The van der Waals surface area contributed by atoms with E-state index in [1.165, 1.54) is 0 Å². The Bertz CT molecular complexity index is 1300. The third kappa shape index (κ3) is 5.16. The summed E-state index contributed by atoms with van der Waals surface area (Å²) in [4.78, 5) is 28.8. The summed E-state index contributed by atoms with van der Waals surface area (Å²) in [6.07, 6.45) is 7.14. The number of nitrogens with zero attached hydrogens (tertiary/aromatic N) is 5. The van der Waals surface area contributed by atoms with E-state index in [4.69, 9.17) is 9.47 Å². The van der Waals surface area contributed by atoms with Gasteiger partial charge in [-0.05, 0) is 61.7 Å². The van der Waals surface area contributed by atoms with Crippen molar-refractivity contribution in [2.24, 2.45) is 0 Å². The quantitative estimate of drug-likeness (QED) is 0.386. The largest absolute Gasteiger partial charge is 0.497 e. The number of rotatable bonds is 7. The zero-order chi connectivity index (χ0) is 24.2. The Kier molecular flexibility index (Phi) is 6.43. The van der Waals surface area contributed by atoms with Gasteiger partial charge in [-0.1, -0.05) is 12.1 Å². The molecule has 0 unspecified atom stereocenters. The van der Waals surface area contributed by atoms with Gasteiger partial charge >= 0.3 is 0 Å². The fraction of sp³-hybridized carbons (Fsp3) is 0.259. The van der Waals surface area contributed by atoms with Crippen molar-refractivity contribution in [3.8, 4) is 17.4 Å². The lowest BCUT2D eigenvalue weighted by molar-refractivity contribution is 0.0729. The Balaban J connectivity index is 1.36. The molecule has 0 bridgehead atoms. The highest BCUT2D eigenvalue weighted by Crippen LogP contribution is 2.33. The number of carbonyl (C=O) groups is 1. The van der Waals surface area contributed by atoms with Crippen LogP contribution in [0.25, 0.3) is 0 Å². The third-order valence-electron chi connectivity index (χ3n) is 6.04. The second-order valence-corrected chi connectivity index (χ2v) is 8.58. The first-order valence-electron chi connectivity index (χ1n) is 11.6. The van der Waals surface area contributed by atoms with Crippen LogP contribution in [0.4, 0.5) is 0 Å². The molecule has 0 saturated carbocycles. The Morgan fingerprint density at radius 2 is 1.91 bits per heavy atom. The second kappa shape index (κ2) is 9.97. The van der Waals surface area contributed by atoms with Gasteiger partial charge in [-0.25, -0.2) is 9.97 Å². The number of hydrogen-bond acceptors (Lipinski definition) is 6. The Morgan fingerprint density at radius 3 is 2.69 bits per heavy atom. The molecule has 178 valence electrons. The van der Waals surface area contributed by atoms with E-state index in [0.29, 0.717) is 36.1 Å². The summed E-state index contributed by atoms with van der Waals surface area (Å²) in [5, 5.41) is 0. The molecule has 0 spiro atoms. The van der Waals surface area contributed by atoms with Crippen LogP contribution in [0.1, 0.15) is 46.3 Å². The SMILES string of the molecule is COc1ccc(Oc2cc(C)nc([C@H]3CCCN3C(=O)c3cccc(Cn4ccnc4)c3)n2)cc1. The lowest BCUT2D eigenvalue weighted by atomic mass is 10.1. The van der Waals surface area contributed by atoms with Gasteiger partial charge in [0.25, 0.3) is 5.91 Å². The Labute approximate surface area is 204 Å². The molecule has 1 saturated heterocycles. The molecule has 8 heteroatoms. The molecule has 1 aliphatic heterocycles. The normalized spacial score (nSPS) is 15.3. The maximum Gasteiger partial charge on any atom is 0.254 e. The van der Waals surface area contributed by atoms with E-state index in [-0.39, 0.29) is 11.9 Å². The second-order valence-electron chi connectivity index (χ2n) is 8.58. The highest BCUT2D eigenvalue weighted by atomic mass is 16.5. The summed E-state index contributed by atoms with van der Waals surface area (Å²) >= 11 is 0. The van der Waals surface area contributed by atoms with Crippen LogP contribution in [0.3, 0.4) is 0 Å². The van der Waals surface area contributed by atoms with E-state index in [0.717, 1.165) is 29.8 Å². The fourth-order valence-electron chi connectivity index (χ4n) is 4.37. The van der Waals surface area contributed by atoms with E-state index in [2.05, 4.69) is 15.0 Å². The monoisotopic (exact) mass is 469 g/mol. The van der Waals surface area contributed by atoms with Crippen LogP contribution in [0.5, 0.6) is 17.4 Å². The summed E-state index contributed by atoms with van der Waals surface area (Å²) in [7, 11) is 1.63. The highest BCUT2D eigenvalue weighted by molar-refractivity contribution is 5.94. The van der Waals surface area contributed by atoms with Gasteiger partial charge in [0.15, 0.2) is 5.82 Å². The maximum absolute atomic E-state index is 13.5. The van der Waals surface area contributed by atoms with Crippen LogP contribution in [0.15, 0.2) is 73.3 Å². The van der Waals surface area contributed by atoms with Gasteiger partial charge in [0.2, 0.25) is 5.88 Å². The third-order valence-corrected chi connectivity index (χ3v) is 6.04. The van der Waals surface area contributed by atoms with Crippen molar-refractivity contribution < 1.29 is 14.3 Å². The number of aromatic nitrogens is 4. The number of imidazole rings is 1. The number of methoxy groups -OCH3 is 1. The van der Waals surface area contributed by atoms with Gasteiger partial charge in [-0.15, -0.1) is 0 Å². The van der Waals surface area contributed by atoms with Crippen molar-refractivity contribution >= 4 is 5.91 Å². The van der Waals surface area contributed by atoms with Crippen LogP contribution in [-0.4, -0.2) is 44.0 Å². The minimum atomic E-state index is -0.196. The lowest BCUT2D eigenvalue weighted by Crippen LogP contribution is -2.31. The maximum atomic E-state index is 13.5. The van der Waals surface area contributed by atoms with Crippen molar-refractivity contribution in [1.82, 2.24) is 24.4 Å². The van der Waals surface area contributed by atoms with E-state index in [9.17, 15) is 4.79 Å². The van der Waals surface area contributed by atoms with Crippen LogP contribution in [-0.2, 0) is 6.54 Å². The van der Waals surface area contributed by atoms with Gasteiger partial charge < -0.3 is 18.9 Å². The number of amides is 1. The number of benzene rings is 2. The molecular formula is C27H27N5O3. The number of ether oxygens (including phenoxy) is 2. The molecule has 35 heavy (non-hydrogen) atoms. The number of hydrogen-bond donors (Lipinski definition) is 0. The zero-order valence-electron chi connectivity index (χ0n) is 19.8. The molecule has 1 amide bonds. The van der Waals surface area contributed by atoms with Gasteiger partial charge in [-0.2, -0.15) is 4.98 Å². The Morgan fingerprint density at radius 1 is 1.09 bits per heavy atom. The minimum absolute atomic E-state index is 0.0114. The highest BCUT2D eigenvalue weighted by Gasteiger charge is 2.33. The molecule has 2 aromatic carbocycles. The summed E-state index contributed by atoms with van der Waals surface area (Å²) in [5.74, 6) is 2.46. The van der Waals surface area contributed by atoms with Crippen molar-refractivity contribution in [3.63, 3.8) is 0 Å². The van der Waals surface area contributed by atoms with Gasteiger partial charge in [-0.3, -0.25) is 4.79 Å². The molecule has 4 aromatic rings. The zero-order valence-corrected chi connectivity index (χ0v) is 19.8. The number of carbonyl (C=O) groups excluding carboxylic acids is 1. The van der Waals surface area contributed by atoms with Crippen molar-refractivity contribution in [2.45, 2.75) is 32.4 Å². The Hall–Kier alpha value is -4.20. The van der Waals surface area contributed by atoms with Gasteiger partial charge in [0.1, 0.15) is 11.5 Å². The van der Waals surface area contributed by atoms with Gasteiger partial charge in [0, 0.05) is 42.8 Å². The molecule has 8 nitrogen and oxygen atoms in total. The smallest absolute Gasteiger partial charge is 0.254 e. The first-order chi connectivity index (χ1) is 17.1. The van der Waals surface area contributed by atoms with E-state index in [1.807, 2.05) is 71.1 Å². The average molecular weight is 470 g/mol. The van der Waals surface area contributed by atoms with Crippen molar-refractivity contribution in [1.29, 1.82) is 0 Å². The standard InChI is InChI=1S/C27H27N5O3/c1-19-15-25(35-23-10-8-22(34-2)9-11-23)30-26(29-19)24-7-4-13-32(24)27(33)21-6-3-5-20(16-21)17-31-14-12-28-18-31/h3,5-6,8-12,14-16,18,24H,4,7,13,17H2,1-2H3/t24-/m1/s1. The molecule has 2 aromatic heterocycles. The number of aryl methyl sites for hydroxylation is 1. The molecule has 1 atom stereocenters. The van der Waals surface area contributed by atoms with Gasteiger partial charge in [0.05, 0.1) is 19.5 Å². The summed E-state index contributed by atoms with van der Waals surface area (Å²) in [6, 6.07) is 16.7. The fourth-order valence-corrected chi connectivity index (χ4v) is 4.37.